The molecule has 7 nitrogen and oxygen atoms in total. The number of aliphatic carboxylic acids is 1. The van der Waals surface area contributed by atoms with Gasteiger partial charge in [0.1, 0.15) is 0 Å². The molecule has 10 heteroatoms. The first-order valence-electron chi connectivity index (χ1n) is 1.85. The van der Waals surface area contributed by atoms with Crippen molar-refractivity contribution < 1.29 is 33.6 Å². The van der Waals surface area contributed by atoms with E-state index in [1.807, 2.05) is 0 Å². The van der Waals surface area contributed by atoms with Crippen LogP contribution in [0.25, 0.3) is 0 Å². The molecular weight excluding hydrogens is 442 g/mol. The molecule has 0 amide bonds. The fourth-order valence-electron chi connectivity index (χ4n) is 0.147. The van der Waals surface area contributed by atoms with Gasteiger partial charge in [0.05, 0.1) is 0 Å². The first kappa shape index (κ1) is 19.8. The van der Waals surface area contributed by atoms with E-state index < -0.39 is 19.8 Å². The number of carboxylic acid groups (broad SMARTS) is 1. The van der Waals surface area contributed by atoms with Gasteiger partial charge >= 0.3 is 118 Å². The number of hydrogen-bond acceptors (Lipinski definition) is 4. The summed E-state index contributed by atoms with van der Waals surface area (Å²) in [6.45, 7) is 0. The van der Waals surface area contributed by atoms with Crippen molar-refractivity contribution in [2.45, 2.75) is 0 Å². The minimum atomic E-state index is -5.01. The van der Waals surface area contributed by atoms with Crippen LogP contribution in [0, 0.1) is 0 Å². The third-order valence-electron chi connectivity index (χ3n) is 0.376. The minimum absolute atomic E-state index is 0. The zero-order valence-electron chi connectivity index (χ0n) is 4.42. The SMILES string of the molecule is O=C(O)C(=O)OP(=O)(O)O.[BaH2].[BaH2]. The van der Waals surface area contributed by atoms with Crippen molar-refractivity contribution in [3.05, 3.63) is 0 Å². The summed E-state index contributed by atoms with van der Waals surface area (Å²) in [6.07, 6.45) is 0. The van der Waals surface area contributed by atoms with E-state index in [4.69, 9.17) is 14.9 Å². The normalized spacial score (nSPS) is 8.83. The van der Waals surface area contributed by atoms with Gasteiger partial charge in [-0.15, -0.1) is 0 Å². The van der Waals surface area contributed by atoms with Crippen molar-refractivity contribution in [1.29, 1.82) is 0 Å². The van der Waals surface area contributed by atoms with Gasteiger partial charge in [0.25, 0.3) is 0 Å². The number of carboxylic acids is 1. The van der Waals surface area contributed by atoms with E-state index in [1.165, 1.54) is 0 Å². The average molecular weight is 449 g/mol. The molecule has 0 saturated heterocycles. The molecule has 0 aromatic carbocycles. The zero-order chi connectivity index (χ0) is 8.36. The summed E-state index contributed by atoms with van der Waals surface area (Å²) in [5.41, 5.74) is 0. The second kappa shape index (κ2) is 8.53. The van der Waals surface area contributed by atoms with Gasteiger partial charge in [-0.3, -0.25) is 9.79 Å². The third-order valence-corrected chi connectivity index (χ3v) is 0.780. The Kier molecular flexibility index (Phi) is 14.0. The zero-order valence-corrected chi connectivity index (χ0v) is 5.32. The van der Waals surface area contributed by atoms with Gasteiger partial charge < -0.3 is 9.63 Å². The molecule has 0 unspecified atom stereocenters. The van der Waals surface area contributed by atoms with E-state index >= 15 is 0 Å². The van der Waals surface area contributed by atoms with Crippen LogP contribution in [0.2, 0.25) is 0 Å². The van der Waals surface area contributed by atoms with Gasteiger partial charge in [0, 0.05) is 0 Å². The predicted molar refractivity (Wildman–Crippen MR) is 42.9 cm³/mol. The first-order chi connectivity index (χ1) is 4.33. The van der Waals surface area contributed by atoms with Crippen molar-refractivity contribution in [1.82, 2.24) is 0 Å². The van der Waals surface area contributed by atoms with Crippen LogP contribution in [0.4, 0.5) is 0 Å². The number of rotatable bonds is 1. The van der Waals surface area contributed by atoms with Crippen LogP contribution < -0.4 is 0 Å². The van der Waals surface area contributed by atoms with E-state index in [9.17, 15) is 14.2 Å². The number of phosphoric ester groups is 1. The van der Waals surface area contributed by atoms with E-state index in [2.05, 4.69) is 4.52 Å². The Morgan fingerprint density at radius 1 is 1.17 bits per heavy atom. The number of carbonyl (C=O) groups is 2. The maximum atomic E-state index is 9.84. The van der Waals surface area contributed by atoms with E-state index in [0.29, 0.717) is 0 Å². The number of hydrogen-bond donors (Lipinski definition) is 3. The fraction of sp³-hybridized carbons (Fsp3) is 0. The molecule has 0 aromatic rings. The van der Waals surface area contributed by atoms with Gasteiger partial charge in [-0.2, -0.15) is 0 Å². The van der Waals surface area contributed by atoms with E-state index in [-0.39, 0.29) is 97.8 Å². The second-order valence-electron chi connectivity index (χ2n) is 1.17. The topological polar surface area (TPSA) is 121 Å². The van der Waals surface area contributed by atoms with Crippen LogP contribution in [-0.4, -0.2) is 125 Å². The maximum absolute atomic E-state index is 9.84. The molecule has 0 spiro atoms. The Balaban J connectivity index is -0.000000405. The second-order valence-corrected chi connectivity index (χ2v) is 2.34. The van der Waals surface area contributed by atoms with Crippen LogP contribution >= 0.6 is 7.82 Å². The van der Waals surface area contributed by atoms with Crippen molar-refractivity contribution in [3.63, 3.8) is 0 Å². The summed E-state index contributed by atoms with van der Waals surface area (Å²) in [7, 11) is -5.01. The molecule has 66 valence electrons. The number of carbonyl (C=O) groups excluding carboxylic acids is 1. The van der Waals surface area contributed by atoms with Crippen LogP contribution in [-0.2, 0) is 18.7 Å². The molecule has 0 aromatic heterocycles. The third kappa shape index (κ3) is 12.2. The monoisotopic (exact) mass is 450 g/mol. The van der Waals surface area contributed by atoms with Crippen molar-refractivity contribution in [3.8, 4) is 0 Å². The molecule has 0 heterocycles. The van der Waals surface area contributed by atoms with Crippen LogP contribution in [0.1, 0.15) is 0 Å². The van der Waals surface area contributed by atoms with Gasteiger partial charge in [-0.1, -0.05) is 0 Å². The molecule has 3 N–H and O–H groups in total. The van der Waals surface area contributed by atoms with Gasteiger partial charge in [0.2, 0.25) is 0 Å². The summed E-state index contributed by atoms with van der Waals surface area (Å²) in [4.78, 5) is 35.1. The Hall–Kier alpha value is 2.23. The molecule has 0 bridgehead atoms. The fourth-order valence-corrected chi connectivity index (χ4v) is 0.441. The Morgan fingerprint density at radius 3 is 1.58 bits per heavy atom. The predicted octanol–water partition coefficient (Wildman–Crippen LogP) is -3.13. The van der Waals surface area contributed by atoms with E-state index in [0.717, 1.165) is 0 Å². The Bertz CT molecular complexity index is 207. The summed E-state index contributed by atoms with van der Waals surface area (Å²) >= 11 is 0. The van der Waals surface area contributed by atoms with Gasteiger partial charge in [0.15, 0.2) is 0 Å². The van der Waals surface area contributed by atoms with Crippen LogP contribution in [0.15, 0.2) is 0 Å². The molecule has 0 saturated carbocycles. The Labute approximate surface area is 148 Å². The van der Waals surface area contributed by atoms with Crippen LogP contribution in [0.3, 0.4) is 0 Å². The Morgan fingerprint density at radius 2 is 1.50 bits per heavy atom. The summed E-state index contributed by atoms with van der Waals surface area (Å²) in [5.74, 6) is -4.03. The van der Waals surface area contributed by atoms with Crippen molar-refractivity contribution in [2.75, 3.05) is 0 Å². The summed E-state index contributed by atoms with van der Waals surface area (Å²) in [5, 5.41) is 7.73. The molecule has 0 fully saturated rings. The molecule has 0 aliphatic carbocycles. The molecule has 0 rings (SSSR count). The van der Waals surface area contributed by atoms with Crippen molar-refractivity contribution in [2.24, 2.45) is 0 Å². The molecule has 12 heavy (non-hydrogen) atoms. The molecule has 0 atom stereocenters. The quantitative estimate of drug-likeness (QED) is 0.220. The summed E-state index contributed by atoms with van der Waals surface area (Å²) in [6, 6.07) is 0. The van der Waals surface area contributed by atoms with Gasteiger partial charge in [-0.25, -0.2) is 14.2 Å². The molecule has 0 aliphatic heterocycles. The standard InChI is InChI=1S/C2H3O7P.2Ba.4H/c3-1(4)2(5)9-10(6,7)8;;;;;;/h(H,3,4)(H2,6,7,8);;;;;;. The van der Waals surface area contributed by atoms with Crippen molar-refractivity contribution >= 4 is 118 Å². The molecule has 0 aliphatic rings. The van der Waals surface area contributed by atoms with Gasteiger partial charge in [-0.05, 0) is 0 Å². The van der Waals surface area contributed by atoms with E-state index in [1.54, 1.807) is 0 Å². The number of phosphoric acid groups is 1. The molecule has 0 radical (unpaired) electrons. The summed E-state index contributed by atoms with van der Waals surface area (Å²) < 4.78 is 12.9. The molecular formula is C2H7Ba2O7P. The average Bonchev–Trinajstić information content (AvgIpc) is 1.60. The first-order valence-corrected chi connectivity index (χ1v) is 3.38. The van der Waals surface area contributed by atoms with Crippen LogP contribution in [0.5, 0.6) is 0 Å².